The van der Waals surface area contributed by atoms with E-state index in [1.807, 2.05) is 20.8 Å². The third-order valence-corrected chi connectivity index (χ3v) is 5.50. The lowest BCUT2D eigenvalue weighted by molar-refractivity contribution is 0.0841. The minimum Gasteiger partial charge on any atom is -0.394 e. The lowest BCUT2D eigenvalue weighted by atomic mass is 9.87. The minimum atomic E-state index is -0.358. The highest BCUT2D eigenvalue weighted by Gasteiger charge is 2.50. The van der Waals surface area contributed by atoms with E-state index in [1.54, 1.807) is 10.9 Å². The van der Waals surface area contributed by atoms with Crippen LogP contribution in [0.15, 0.2) is 23.1 Å². The molecule has 0 radical (unpaired) electrons. The highest BCUT2D eigenvalue weighted by atomic mass is 16.3. The molecule has 1 fully saturated rings. The predicted octanol–water partition coefficient (Wildman–Crippen LogP) is 1.36. The molecular weight excluding hydrogens is 332 g/mol. The van der Waals surface area contributed by atoms with Gasteiger partial charge >= 0.3 is 0 Å². The van der Waals surface area contributed by atoms with Gasteiger partial charge in [-0.15, -0.1) is 0 Å². The third-order valence-electron chi connectivity index (χ3n) is 5.50. The zero-order chi connectivity index (χ0) is 18.6. The number of carbonyl (C=O) groups excluding carboxylic acids is 1. The maximum Gasteiger partial charge on any atom is 0.272 e. The molecule has 3 atom stereocenters. The van der Waals surface area contributed by atoms with Gasteiger partial charge in [0.1, 0.15) is 5.82 Å². The zero-order valence-electron chi connectivity index (χ0n) is 15.2. The first-order chi connectivity index (χ1) is 12.3. The highest BCUT2D eigenvalue weighted by molar-refractivity contribution is 5.94. The number of nitrogens with one attached hydrogen (secondary N) is 2. The van der Waals surface area contributed by atoms with Crippen LogP contribution in [0, 0.1) is 11.3 Å². The van der Waals surface area contributed by atoms with Gasteiger partial charge in [0.25, 0.3) is 5.91 Å². The number of hydrogen-bond acceptors (Lipinski definition) is 4. The number of aliphatic hydroxyl groups excluding tert-OH is 1. The molecule has 2 heterocycles. The molecule has 2 aliphatic carbocycles. The molecule has 138 valence electrons. The summed E-state index contributed by atoms with van der Waals surface area (Å²) in [5.74, 6) is 1.30. The van der Waals surface area contributed by atoms with E-state index < -0.39 is 0 Å². The van der Waals surface area contributed by atoms with Crippen LogP contribution in [0.1, 0.15) is 54.9 Å². The van der Waals surface area contributed by atoms with Gasteiger partial charge in [-0.25, -0.2) is 4.68 Å². The monoisotopic (exact) mass is 356 g/mol. The van der Waals surface area contributed by atoms with Gasteiger partial charge in [-0.1, -0.05) is 20.8 Å². The molecule has 1 saturated carbocycles. The summed E-state index contributed by atoms with van der Waals surface area (Å²) in [7, 11) is 0. The molecule has 0 aliphatic heterocycles. The van der Waals surface area contributed by atoms with Crippen molar-refractivity contribution in [1.82, 2.24) is 20.1 Å². The summed E-state index contributed by atoms with van der Waals surface area (Å²) in [4.78, 5) is 27.7. The number of nitrogens with zero attached hydrogens (tertiary/aromatic N) is 2. The number of H-pyrrole nitrogens is 1. The average Bonchev–Trinajstić information content (AvgIpc) is 3.07. The van der Waals surface area contributed by atoms with Gasteiger partial charge in [-0.05, 0) is 24.2 Å². The lowest BCUT2D eigenvalue weighted by Crippen LogP contribution is -2.46. The van der Waals surface area contributed by atoms with E-state index in [1.165, 1.54) is 12.1 Å². The quantitative estimate of drug-likeness (QED) is 0.770. The van der Waals surface area contributed by atoms with Crippen LogP contribution in [0.25, 0.3) is 5.82 Å². The largest absolute Gasteiger partial charge is 0.394 e. The summed E-state index contributed by atoms with van der Waals surface area (Å²) in [6, 6.07) is 2.59. The van der Waals surface area contributed by atoms with Crippen molar-refractivity contribution in [3.63, 3.8) is 0 Å². The number of rotatable bonds is 4. The van der Waals surface area contributed by atoms with Crippen molar-refractivity contribution in [1.29, 1.82) is 0 Å². The van der Waals surface area contributed by atoms with Crippen LogP contribution in [0.4, 0.5) is 0 Å². The van der Waals surface area contributed by atoms with Gasteiger partial charge in [-0.2, -0.15) is 5.10 Å². The van der Waals surface area contributed by atoms with Gasteiger partial charge in [-0.3, -0.25) is 9.59 Å². The first kappa shape index (κ1) is 17.0. The Balaban J connectivity index is 1.72. The molecule has 0 unspecified atom stereocenters. The van der Waals surface area contributed by atoms with Gasteiger partial charge in [0, 0.05) is 29.8 Å². The Kier molecular flexibility index (Phi) is 3.80. The predicted molar refractivity (Wildman–Crippen MR) is 96.5 cm³/mol. The van der Waals surface area contributed by atoms with Gasteiger partial charge < -0.3 is 15.4 Å². The normalized spacial score (nSPS) is 21.8. The van der Waals surface area contributed by atoms with Crippen molar-refractivity contribution in [3.8, 4) is 5.82 Å². The van der Waals surface area contributed by atoms with Crippen molar-refractivity contribution >= 4 is 5.91 Å². The maximum atomic E-state index is 12.9. The number of carbonyl (C=O) groups is 1. The molecule has 2 aliphatic rings. The molecule has 0 spiro atoms. The van der Waals surface area contributed by atoms with E-state index in [0.29, 0.717) is 23.3 Å². The number of aromatic nitrogens is 3. The number of aliphatic hydroxyl groups is 1. The van der Waals surface area contributed by atoms with Crippen molar-refractivity contribution in [2.75, 3.05) is 6.61 Å². The standard InChI is InChI=1S/C19H24N4O3/c1-19(2,3)14(9-24)21-18(26)16-13-7-10-6-12(10)17(13)23(22-16)15-8-11(25)4-5-20-15/h4-5,8,10,12,14,24H,6-7,9H2,1-3H3,(H,20,25)(H,21,26)/t10-,12-,14-/m1/s1. The number of amides is 1. The highest BCUT2D eigenvalue weighted by Crippen LogP contribution is 2.57. The summed E-state index contributed by atoms with van der Waals surface area (Å²) in [5, 5.41) is 17.1. The van der Waals surface area contributed by atoms with Gasteiger partial charge in [0.2, 0.25) is 0 Å². The van der Waals surface area contributed by atoms with Crippen LogP contribution in [0.3, 0.4) is 0 Å². The van der Waals surface area contributed by atoms with E-state index >= 15 is 0 Å². The molecule has 7 nitrogen and oxygen atoms in total. The second-order valence-electron chi connectivity index (χ2n) is 8.41. The van der Waals surface area contributed by atoms with Crippen LogP contribution in [0.2, 0.25) is 0 Å². The Hall–Kier alpha value is -2.41. The van der Waals surface area contributed by atoms with Crippen LogP contribution in [-0.4, -0.2) is 38.4 Å². The van der Waals surface area contributed by atoms with E-state index in [2.05, 4.69) is 15.4 Å². The zero-order valence-corrected chi connectivity index (χ0v) is 15.2. The van der Waals surface area contributed by atoms with Gasteiger partial charge in [0.05, 0.1) is 18.3 Å². The van der Waals surface area contributed by atoms with Crippen LogP contribution < -0.4 is 10.7 Å². The number of hydrogen-bond donors (Lipinski definition) is 3. The number of fused-ring (bicyclic) bond motifs is 3. The molecule has 7 heteroatoms. The van der Waals surface area contributed by atoms with Crippen LogP contribution >= 0.6 is 0 Å². The van der Waals surface area contributed by atoms with E-state index in [9.17, 15) is 14.7 Å². The Morgan fingerprint density at radius 3 is 2.92 bits per heavy atom. The molecule has 2 aromatic heterocycles. The molecule has 3 N–H and O–H groups in total. The SMILES string of the molecule is CC(C)(C)[C@@H](CO)NC(=O)c1nn(-c2cc(=O)cc[nH]2)c2c1C[C@H]1C[C@@H]21. The summed E-state index contributed by atoms with van der Waals surface area (Å²) in [6.07, 6.45) is 3.55. The molecule has 0 aromatic carbocycles. The summed E-state index contributed by atoms with van der Waals surface area (Å²) in [5.41, 5.74) is 2.05. The second kappa shape index (κ2) is 5.81. The Bertz CT molecular complexity index is 922. The minimum absolute atomic E-state index is 0.104. The summed E-state index contributed by atoms with van der Waals surface area (Å²) >= 11 is 0. The molecule has 4 rings (SSSR count). The lowest BCUT2D eigenvalue weighted by Gasteiger charge is -2.29. The molecule has 1 amide bonds. The Morgan fingerprint density at radius 1 is 1.50 bits per heavy atom. The number of aromatic amines is 1. The fourth-order valence-corrected chi connectivity index (χ4v) is 3.80. The number of pyridine rings is 1. The maximum absolute atomic E-state index is 12.9. The van der Waals surface area contributed by atoms with E-state index in [-0.39, 0.29) is 29.4 Å². The molecule has 0 saturated heterocycles. The molecule has 26 heavy (non-hydrogen) atoms. The first-order valence-corrected chi connectivity index (χ1v) is 9.02. The molecule has 2 aromatic rings. The van der Waals surface area contributed by atoms with Crippen LogP contribution in [-0.2, 0) is 6.42 Å². The summed E-state index contributed by atoms with van der Waals surface area (Å²) in [6.45, 7) is 5.79. The fourth-order valence-electron chi connectivity index (χ4n) is 3.80. The molecular formula is C19H24N4O3. The fraction of sp³-hybridized carbons (Fsp3) is 0.526. The van der Waals surface area contributed by atoms with E-state index in [4.69, 9.17) is 0 Å². The average molecular weight is 356 g/mol. The van der Waals surface area contributed by atoms with Crippen molar-refractivity contribution < 1.29 is 9.90 Å². The Labute approximate surface area is 151 Å². The van der Waals surface area contributed by atoms with Crippen molar-refractivity contribution in [2.45, 2.75) is 45.6 Å². The smallest absolute Gasteiger partial charge is 0.272 e. The third kappa shape index (κ3) is 2.76. The van der Waals surface area contributed by atoms with Crippen LogP contribution in [0.5, 0.6) is 0 Å². The first-order valence-electron chi connectivity index (χ1n) is 9.02. The topological polar surface area (TPSA) is 100 Å². The Morgan fingerprint density at radius 2 is 2.27 bits per heavy atom. The second-order valence-corrected chi connectivity index (χ2v) is 8.41. The van der Waals surface area contributed by atoms with Crippen molar-refractivity contribution in [3.05, 3.63) is 45.5 Å². The van der Waals surface area contributed by atoms with Crippen molar-refractivity contribution in [2.24, 2.45) is 11.3 Å². The van der Waals surface area contributed by atoms with E-state index in [0.717, 1.165) is 24.1 Å². The molecule has 0 bridgehead atoms. The van der Waals surface area contributed by atoms with Gasteiger partial charge in [0.15, 0.2) is 11.1 Å². The summed E-state index contributed by atoms with van der Waals surface area (Å²) < 4.78 is 1.72.